The zero-order valence-electron chi connectivity index (χ0n) is 60.3. The molecule has 1 spiro atoms. The molecule has 100 heavy (non-hydrogen) atoms. The number of fused-ring (bicyclic) bond motifs is 16. The van der Waals surface area contributed by atoms with Crippen molar-refractivity contribution in [3.05, 3.63) is 440 Å². The van der Waals surface area contributed by atoms with Crippen LogP contribution in [0, 0.1) is 48.5 Å². The van der Waals surface area contributed by atoms with Crippen molar-refractivity contribution in [1.29, 1.82) is 0 Å². The minimum absolute atomic E-state index is 0.151. The molecule has 14 aromatic carbocycles. The normalized spacial score (nSPS) is 13.2. The molecule has 0 amide bonds. The van der Waals surface area contributed by atoms with Gasteiger partial charge in [0, 0.05) is 5.41 Å². The van der Waals surface area contributed by atoms with Gasteiger partial charge in [0.1, 0.15) is 0 Å². The fourth-order valence-electron chi connectivity index (χ4n) is 15.8. The van der Waals surface area contributed by atoms with Crippen LogP contribution in [0.3, 0.4) is 0 Å². The van der Waals surface area contributed by atoms with Crippen LogP contribution in [-0.4, -0.2) is 0 Å². The van der Waals surface area contributed by atoms with E-state index in [1.165, 1.54) is 156 Å². The fraction of sp³-hybridized carbons (Fsp3) is 0.160. The second-order valence-electron chi connectivity index (χ2n) is 29.2. The summed E-state index contributed by atoms with van der Waals surface area (Å²) in [5.41, 5.74) is 38.3. The summed E-state index contributed by atoms with van der Waals surface area (Å²) in [5.74, 6) is 0. The van der Waals surface area contributed by atoms with Gasteiger partial charge < -0.3 is 0 Å². The molecule has 0 atom stereocenters. The molecular weight excluding hydrogens is 1200 g/mol. The van der Waals surface area contributed by atoms with Crippen molar-refractivity contribution >= 4 is 0 Å². The molecule has 0 saturated carbocycles. The van der Waals surface area contributed by atoms with Crippen molar-refractivity contribution in [3.8, 4) is 55.6 Å². The lowest BCUT2D eigenvalue weighted by Crippen LogP contribution is -2.28. The predicted molar refractivity (Wildman–Crippen MR) is 427 cm³/mol. The first-order chi connectivity index (χ1) is 48.4. The molecule has 0 radical (unpaired) electrons. The van der Waals surface area contributed by atoms with Gasteiger partial charge in [0.15, 0.2) is 0 Å². The van der Waals surface area contributed by atoms with Gasteiger partial charge in [-0.2, -0.15) is 0 Å². The Morgan fingerprint density at radius 1 is 0.210 bits per heavy atom. The van der Waals surface area contributed by atoms with Crippen LogP contribution < -0.4 is 0 Å². The van der Waals surface area contributed by atoms with Crippen LogP contribution in [-0.2, 0) is 21.7 Å². The van der Waals surface area contributed by atoms with E-state index in [0.29, 0.717) is 0 Å². The summed E-state index contributed by atoms with van der Waals surface area (Å²) in [5, 5.41) is 0. The van der Waals surface area contributed by atoms with Gasteiger partial charge in [-0.3, -0.25) is 0 Å². The summed E-state index contributed by atoms with van der Waals surface area (Å²) < 4.78 is 0. The molecule has 0 aliphatic heterocycles. The smallest absolute Gasteiger partial charge is 0.0622 e. The average Bonchev–Trinajstić information content (AvgIpc) is 1.49. The van der Waals surface area contributed by atoms with Crippen LogP contribution in [0.1, 0.15) is 135 Å². The minimum Gasteiger partial charge on any atom is -0.0622 e. The maximum atomic E-state index is 2.40. The van der Waals surface area contributed by atoms with E-state index < -0.39 is 0 Å². The molecule has 18 rings (SSSR count). The summed E-state index contributed by atoms with van der Waals surface area (Å²) in [6.07, 6.45) is 0. The molecule has 4 aliphatic rings. The molecule has 492 valence electrons. The molecule has 14 aromatic rings. The SMILES string of the molecule is Cc1ccc(C(C)(C)C)cc1.Cc1ccc(C)cc1.Cc1ccc2c(c1)C(C)(C)c1ccccc1-2.Cc1ccc2c(c1)C(c1ccccc1)(c1ccccc1)c1ccccc1-2.Cc1ccc2c(c1)C1(c3ccccc3-c3ccccc31)c1ccccc1-2.Cc1ccccc1-c1ccccc1. The van der Waals surface area contributed by atoms with Crippen LogP contribution in [0.15, 0.2) is 340 Å². The predicted octanol–water partition coefficient (Wildman–Crippen LogP) is 26.3. The van der Waals surface area contributed by atoms with E-state index in [4.69, 9.17) is 0 Å². The quantitative estimate of drug-likeness (QED) is 0.165. The standard InChI is InChI=1S/C26H18.C26H20.C16H16.C13H12.C11H16.C8H10/c1-17-14-15-21-20-10-4-7-13-24(20)26(25(21)16-17)22-11-5-2-8-18(22)19-9-3-6-12-23(19)26;1-19-16-17-23-22-14-8-9-15-24(22)26(25(23)18-19,20-10-4-2-5-11-20)21-12-6-3-7-13-21;1-11-8-9-13-12-6-4-5-7-14(12)16(2,3)15(13)10-11;1-11-7-5-6-10-13(11)12-8-3-2-4-9-12;1-9-5-7-10(8-6-9)11(2,3)4;1-7-3-5-8(2)6-4-7/h2-16H,1H3;2-18H,1H3;4-10H,1-3H3;2-10H,1H3;5-8H,1-4H3;3-6H,1-2H3. The first-order valence-corrected chi connectivity index (χ1v) is 35.6. The monoisotopic (exact) mass is 1290 g/mol. The molecule has 0 heterocycles. The lowest BCUT2D eigenvalue weighted by Gasteiger charge is -2.34. The number of rotatable bonds is 3. The Balaban J connectivity index is 0.000000113. The summed E-state index contributed by atoms with van der Waals surface area (Å²) in [4.78, 5) is 0. The highest BCUT2D eigenvalue weighted by Crippen LogP contribution is 2.63. The first kappa shape index (κ1) is 67.6. The van der Waals surface area contributed by atoms with Crippen LogP contribution in [0.2, 0.25) is 0 Å². The van der Waals surface area contributed by atoms with E-state index in [-0.39, 0.29) is 21.7 Å². The maximum absolute atomic E-state index is 2.40. The third-order valence-electron chi connectivity index (χ3n) is 20.9. The van der Waals surface area contributed by atoms with Crippen LogP contribution in [0.25, 0.3) is 55.6 Å². The van der Waals surface area contributed by atoms with Crippen molar-refractivity contribution < 1.29 is 0 Å². The van der Waals surface area contributed by atoms with E-state index in [1.54, 1.807) is 0 Å². The molecular formula is C100H92. The third-order valence-corrected chi connectivity index (χ3v) is 20.9. The molecule has 0 nitrogen and oxygen atoms in total. The fourth-order valence-corrected chi connectivity index (χ4v) is 15.8. The van der Waals surface area contributed by atoms with E-state index in [1.807, 2.05) is 6.07 Å². The summed E-state index contributed by atoms with van der Waals surface area (Å²) in [7, 11) is 0. The Hall–Kier alpha value is -10.9. The Morgan fingerprint density at radius 3 is 0.870 bits per heavy atom. The highest BCUT2D eigenvalue weighted by Gasteiger charge is 2.51. The minimum atomic E-state index is -0.263. The van der Waals surface area contributed by atoms with E-state index >= 15 is 0 Å². The molecule has 0 bridgehead atoms. The highest BCUT2D eigenvalue weighted by molar-refractivity contribution is 5.95. The van der Waals surface area contributed by atoms with Gasteiger partial charge in [-0.05, 0) is 176 Å². The summed E-state index contributed by atoms with van der Waals surface area (Å²) in [6, 6.07) is 123. The van der Waals surface area contributed by atoms with E-state index in [9.17, 15) is 0 Å². The van der Waals surface area contributed by atoms with Crippen molar-refractivity contribution in [2.24, 2.45) is 0 Å². The second-order valence-corrected chi connectivity index (χ2v) is 29.2. The van der Waals surface area contributed by atoms with E-state index in [0.717, 1.165) is 0 Å². The second kappa shape index (κ2) is 28.5. The zero-order valence-corrected chi connectivity index (χ0v) is 60.3. The van der Waals surface area contributed by atoms with Crippen LogP contribution in [0.4, 0.5) is 0 Å². The van der Waals surface area contributed by atoms with Gasteiger partial charge in [0.05, 0.1) is 10.8 Å². The largest absolute Gasteiger partial charge is 0.0725 e. The molecule has 0 heteroatoms. The van der Waals surface area contributed by atoms with Crippen molar-refractivity contribution in [2.45, 2.75) is 105 Å². The van der Waals surface area contributed by atoms with Gasteiger partial charge in [-0.1, -0.05) is 408 Å². The number of hydrogen-bond donors (Lipinski definition) is 0. The third kappa shape index (κ3) is 12.9. The molecule has 4 aliphatic carbocycles. The number of aryl methyl sites for hydroxylation is 7. The lowest BCUT2D eigenvalue weighted by atomic mass is 9.67. The highest BCUT2D eigenvalue weighted by atomic mass is 14.5. The Kier molecular flexibility index (Phi) is 19.3. The number of benzene rings is 14. The Labute approximate surface area is 596 Å². The molecule has 0 saturated heterocycles. The van der Waals surface area contributed by atoms with Crippen LogP contribution in [0.5, 0.6) is 0 Å². The van der Waals surface area contributed by atoms with Gasteiger partial charge in [-0.25, -0.2) is 0 Å². The summed E-state index contributed by atoms with van der Waals surface area (Å²) >= 11 is 0. The maximum Gasteiger partial charge on any atom is 0.0725 e. The van der Waals surface area contributed by atoms with Gasteiger partial charge in [0.25, 0.3) is 0 Å². The van der Waals surface area contributed by atoms with E-state index in [2.05, 4.69) is 417 Å². The lowest BCUT2D eigenvalue weighted by molar-refractivity contribution is 0.590. The molecule has 0 N–H and O–H groups in total. The van der Waals surface area contributed by atoms with Gasteiger partial charge >= 0.3 is 0 Å². The molecule has 0 unspecified atom stereocenters. The van der Waals surface area contributed by atoms with Gasteiger partial charge in [-0.15, -0.1) is 0 Å². The van der Waals surface area contributed by atoms with Crippen molar-refractivity contribution in [1.82, 2.24) is 0 Å². The first-order valence-electron chi connectivity index (χ1n) is 35.6. The Bertz CT molecular complexity index is 4950. The van der Waals surface area contributed by atoms with Gasteiger partial charge in [0.2, 0.25) is 0 Å². The average molecular weight is 1290 g/mol. The Morgan fingerprint density at radius 2 is 0.480 bits per heavy atom. The summed E-state index contributed by atoms with van der Waals surface area (Å²) in [6.45, 7) is 26.3. The zero-order chi connectivity index (χ0) is 69.8. The van der Waals surface area contributed by atoms with Crippen LogP contribution >= 0.6 is 0 Å². The number of hydrogen-bond acceptors (Lipinski definition) is 0. The molecule has 0 fully saturated rings. The molecule has 0 aromatic heterocycles. The topological polar surface area (TPSA) is 0 Å². The van der Waals surface area contributed by atoms with Crippen molar-refractivity contribution in [3.63, 3.8) is 0 Å². The van der Waals surface area contributed by atoms with Crippen molar-refractivity contribution in [2.75, 3.05) is 0 Å².